The lowest BCUT2D eigenvalue weighted by atomic mass is 9.96. The Morgan fingerprint density at radius 2 is 1.80 bits per heavy atom. The molecule has 5 aromatic rings. The maximum absolute atomic E-state index is 14.3. The molecule has 0 fully saturated rings. The molecule has 0 N–H and O–H groups in total. The first-order valence-electron chi connectivity index (χ1n) is 14.2. The van der Waals surface area contributed by atoms with E-state index in [0.29, 0.717) is 37.8 Å². The van der Waals surface area contributed by atoms with Gasteiger partial charge in [0.2, 0.25) is 0 Å². The minimum Gasteiger partial charge on any atom is -0.497 e. The number of methoxy groups -OCH3 is 2. The summed E-state index contributed by atoms with van der Waals surface area (Å²) in [6.45, 7) is 3.72. The van der Waals surface area contributed by atoms with E-state index >= 15 is 0 Å². The molecular formula is C34H29BrN4O5S. The molecule has 6 rings (SSSR count). The summed E-state index contributed by atoms with van der Waals surface area (Å²) in [4.78, 5) is 32.7. The second-order valence-electron chi connectivity index (χ2n) is 10.1. The molecule has 228 valence electrons. The minimum absolute atomic E-state index is 0.199. The van der Waals surface area contributed by atoms with Crippen molar-refractivity contribution in [3.8, 4) is 28.4 Å². The van der Waals surface area contributed by atoms with Gasteiger partial charge in [-0.1, -0.05) is 41.7 Å². The van der Waals surface area contributed by atoms with E-state index in [-0.39, 0.29) is 12.2 Å². The number of halogens is 1. The average molecular weight is 686 g/mol. The molecule has 11 heteroatoms. The van der Waals surface area contributed by atoms with Crippen molar-refractivity contribution in [1.29, 1.82) is 0 Å². The third-order valence-electron chi connectivity index (χ3n) is 7.42. The number of carbonyl (C=O) groups is 1. The Kier molecular flexibility index (Phi) is 8.55. The van der Waals surface area contributed by atoms with Crippen LogP contribution in [0.2, 0.25) is 0 Å². The van der Waals surface area contributed by atoms with Crippen molar-refractivity contribution in [2.45, 2.75) is 19.9 Å². The highest BCUT2D eigenvalue weighted by Gasteiger charge is 2.33. The van der Waals surface area contributed by atoms with Gasteiger partial charge in [0.05, 0.1) is 52.8 Å². The summed E-state index contributed by atoms with van der Waals surface area (Å²) in [7, 11) is 3.20. The van der Waals surface area contributed by atoms with Gasteiger partial charge < -0.3 is 14.2 Å². The van der Waals surface area contributed by atoms with Gasteiger partial charge in [-0.05, 0) is 83.9 Å². The van der Waals surface area contributed by atoms with Crippen LogP contribution in [0, 0.1) is 0 Å². The van der Waals surface area contributed by atoms with Gasteiger partial charge in [-0.2, -0.15) is 5.10 Å². The Labute approximate surface area is 271 Å². The Morgan fingerprint density at radius 1 is 1.04 bits per heavy atom. The summed E-state index contributed by atoms with van der Waals surface area (Å²) >= 11 is 4.85. The number of para-hydroxylation sites is 1. The molecule has 0 radical (unpaired) electrons. The molecule has 1 aliphatic heterocycles. The molecule has 3 heterocycles. The van der Waals surface area contributed by atoms with Crippen molar-refractivity contribution in [3.05, 3.63) is 126 Å². The number of aromatic nitrogens is 3. The monoisotopic (exact) mass is 684 g/mol. The number of allylic oxidation sites excluding steroid dienone is 1. The molecule has 0 saturated heterocycles. The molecular weight excluding hydrogens is 656 g/mol. The highest BCUT2D eigenvalue weighted by atomic mass is 79.9. The van der Waals surface area contributed by atoms with E-state index in [2.05, 4.69) is 15.9 Å². The van der Waals surface area contributed by atoms with Gasteiger partial charge >= 0.3 is 5.97 Å². The number of nitrogens with zero attached hydrogens (tertiary/aromatic N) is 4. The molecule has 0 saturated carbocycles. The predicted molar refractivity (Wildman–Crippen MR) is 177 cm³/mol. The van der Waals surface area contributed by atoms with Crippen LogP contribution < -0.4 is 24.4 Å². The first kappa shape index (κ1) is 30.3. The molecule has 0 unspecified atom stereocenters. The number of benzene rings is 3. The first-order chi connectivity index (χ1) is 21.8. The smallest absolute Gasteiger partial charge is 0.338 e. The van der Waals surface area contributed by atoms with Crippen LogP contribution in [-0.2, 0) is 9.53 Å². The van der Waals surface area contributed by atoms with Crippen molar-refractivity contribution >= 4 is 39.3 Å². The molecule has 1 atom stereocenters. The lowest BCUT2D eigenvalue weighted by Gasteiger charge is -2.24. The zero-order valence-corrected chi connectivity index (χ0v) is 27.4. The van der Waals surface area contributed by atoms with Gasteiger partial charge in [-0.3, -0.25) is 9.36 Å². The lowest BCUT2D eigenvalue weighted by Crippen LogP contribution is -2.39. The number of thiazole rings is 1. The van der Waals surface area contributed by atoms with Crippen LogP contribution >= 0.6 is 27.3 Å². The van der Waals surface area contributed by atoms with Gasteiger partial charge in [0.15, 0.2) is 4.80 Å². The quantitative estimate of drug-likeness (QED) is 0.202. The van der Waals surface area contributed by atoms with Crippen molar-refractivity contribution in [3.63, 3.8) is 0 Å². The standard InChI is InChI=1S/C34H29BrN4O5S/c1-5-44-33(41)29-20(2)36-34-39(31(29)21-11-14-25(42-3)15-12-21)32(40)28(45-34)18-23-19-38(24-9-7-6-8-10-24)37-30(23)22-13-16-27(43-4)26(35)17-22/h6-19,31H,5H2,1-4H3/b28-18+/t31-/m0/s1. The van der Waals surface area contributed by atoms with Crippen LogP contribution in [0.15, 0.2) is 105 Å². The molecule has 0 amide bonds. The molecule has 0 spiro atoms. The van der Waals surface area contributed by atoms with Crippen LogP contribution in [0.25, 0.3) is 23.0 Å². The molecule has 9 nitrogen and oxygen atoms in total. The van der Waals surface area contributed by atoms with Gasteiger partial charge in [-0.25, -0.2) is 14.5 Å². The fourth-order valence-corrected chi connectivity index (χ4v) is 6.86. The Hall–Kier alpha value is -4.74. The van der Waals surface area contributed by atoms with Gasteiger partial charge in [0.25, 0.3) is 5.56 Å². The number of fused-ring (bicyclic) bond motifs is 1. The summed E-state index contributed by atoms with van der Waals surface area (Å²) in [6.07, 6.45) is 3.73. The lowest BCUT2D eigenvalue weighted by molar-refractivity contribution is -0.139. The molecule has 3 aromatic carbocycles. The average Bonchev–Trinajstić information content (AvgIpc) is 3.61. The number of ether oxygens (including phenoxy) is 3. The molecule has 0 bridgehead atoms. The summed E-state index contributed by atoms with van der Waals surface area (Å²) in [5.41, 5.74) is 4.43. The number of hydrogen-bond acceptors (Lipinski definition) is 8. The van der Waals surface area contributed by atoms with Crippen molar-refractivity contribution in [2.75, 3.05) is 20.8 Å². The highest BCUT2D eigenvalue weighted by Crippen LogP contribution is 2.33. The van der Waals surface area contributed by atoms with Gasteiger partial charge in [-0.15, -0.1) is 0 Å². The number of rotatable bonds is 8. The third-order valence-corrected chi connectivity index (χ3v) is 9.03. The van der Waals surface area contributed by atoms with Crippen molar-refractivity contribution < 1.29 is 19.0 Å². The van der Waals surface area contributed by atoms with Crippen molar-refractivity contribution in [1.82, 2.24) is 14.3 Å². The van der Waals surface area contributed by atoms with Crippen LogP contribution in [0.5, 0.6) is 11.5 Å². The van der Waals surface area contributed by atoms with Crippen LogP contribution in [-0.4, -0.2) is 41.1 Å². The number of esters is 1. The Bertz CT molecular complexity index is 2110. The van der Waals surface area contributed by atoms with Crippen molar-refractivity contribution in [2.24, 2.45) is 4.99 Å². The maximum atomic E-state index is 14.3. The SMILES string of the molecule is CCOC(=O)C1=C(C)N=c2s/c(=C/c3cn(-c4ccccc4)nc3-c3ccc(OC)c(Br)c3)c(=O)n2[C@H]1c1ccc(OC)cc1. The minimum atomic E-state index is -0.725. The molecule has 2 aromatic heterocycles. The van der Waals surface area contributed by atoms with E-state index < -0.39 is 12.0 Å². The van der Waals surface area contributed by atoms with E-state index in [4.69, 9.17) is 24.3 Å². The van der Waals surface area contributed by atoms with E-state index in [1.807, 2.05) is 72.9 Å². The largest absolute Gasteiger partial charge is 0.497 e. The summed E-state index contributed by atoms with van der Waals surface area (Å²) in [5.74, 6) is 0.852. The van der Waals surface area contributed by atoms with Crippen LogP contribution in [0.4, 0.5) is 0 Å². The van der Waals surface area contributed by atoms with Gasteiger partial charge in [0, 0.05) is 17.3 Å². The third kappa shape index (κ3) is 5.76. The second kappa shape index (κ2) is 12.7. The summed E-state index contributed by atoms with van der Waals surface area (Å²) in [5, 5.41) is 4.92. The zero-order chi connectivity index (χ0) is 31.7. The Morgan fingerprint density at radius 3 is 2.47 bits per heavy atom. The first-order valence-corrected chi connectivity index (χ1v) is 15.8. The normalized spacial score (nSPS) is 14.6. The number of hydrogen-bond donors (Lipinski definition) is 0. The van der Waals surface area contributed by atoms with E-state index in [1.165, 1.54) is 11.3 Å². The second-order valence-corrected chi connectivity index (χ2v) is 12.0. The maximum Gasteiger partial charge on any atom is 0.338 e. The van der Waals surface area contributed by atoms with E-state index in [1.54, 1.807) is 49.4 Å². The van der Waals surface area contributed by atoms with E-state index in [0.717, 1.165) is 26.9 Å². The molecule has 45 heavy (non-hydrogen) atoms. The predicted octanol–water partition coefficient (Wildman–Crippen LogP) is 5.43. The van der Waals surface area contributed by atoms with Crippen LogP contribution in [0.1, 0.15) is 31.0 Å². The molecule has 1 aliphatic rings. The topological polar surface area (TPSA) is 96.9 Å². The Balaban J connectivity index is 1.55. The van der Waals surface area contributed by atoms with E-state index in [9.17, 15) is 9.59 Å². The highest BCUT2D eigenvalue weighted by molar-refractivity contribution is 9.10. The zero-order valence-electron chi connectivity index (χ0n) is 25.0. The fraction of sp³-hybridized carbons (Fsp3) is 0.176. The summed E-state index contributed by atoms with van der Waals surface area (Å²) in [6, 6.07) is 22.1. The molecule has 0 aliphatic carbocycles. The van der Waals surface area contributed by atoms with Crippen LogP contribution in [0.3, 0.4) is 0 Å². The fourth-order valence-electron chi connectivity index (χ4n) is 5.28. The number of carbonyl (C=O) groups excluding carboxylic acids is 1. The summed E-state index contributed by atoms with van der Waals surface area (Å²) < 4.78 is 20.8. The van der Waals surface area contributed by atoms with Gasteiger partial charge in [0.1, 0.15) is 17.2 Å².